The van der Waals surface area contributed by atoms with Crippen LogP contribution in [-0.4, -0.2) is 36.8 Å². The maximum Gasteiger partial charge on any atom is 0.192 e. The first-order valence-electron chi connectivity index (χ1n) is 11.7. The molecular weight excluding hydrogens is 364 g/mol. The summed E-state index contributed by atoms with van der Waals surface area (Å²) in [6.07, 6.45) is 9.47. The van der Waals surface area contributed by atoms with Crippen molar-refractivity contribution in [1.82, 2.24) is 0 Å². The lowest BCUT2D eigenvalue weighted by Gasteiger charge is -2.50. The van der Waals surface area contributed by atoms with Crippen LogP contribution in [0.3, 0.4) is 0 Å². The summed E-state index contributed by atoms with van der Waals surface area (Å²) in [5, 5.41) is 20.5. The van der Waals surface area contributed by atoms with Gasteiger partial charge in [0.1, 0.15) is 0 Å². The first-order valence-corrected chi connectivity index (χ1v) is 14.6. The Hall–Kier alpha value is 0.0969. The third-order valence-corrected chi connectivity index (χ3v) is 13.1. The zero-order chi connectivity index (χ0) is 21.4. The zero-order valence-electron chi connectivity index (χ0n) is 20.0. The molecule has 2 N–H and O–H groups in total. The summed E-state index contributed by atoms with van der Waals surface area (Å²) in [5.41, 5.74) is -0.303. The topological polar surface area (TPSA) is 49.7 Å². The van der Waals surface area contributed by atoms with E-state index in [0.717, 1.165) is 19.3 Å². The van der Waals surface area contributed by atoms with E-state index in [-0.39, 0.29) is 11.6 Å². The quantitative estimate of drug-likeness (QED) is 0.471. The molecule has 0 aromatic heterocycles. The molecule has 0 saturated heterocycles. The second kappa shape index (κ2) is 8.68. The van der Waals surface area contributed by atoms with E-state index in [4.69, 9.17) is 4.43 Å². The third kappa shape index (κ3) is 5.41. The van der Waals surface area contributed by atoms with Gasteiger partial charge in [0.05, 0.1) is 5.60 Å². The maximum absolute atomic E-state index is 10.2. The zero-order valence-corrected chi connectivity index (χ0v) is 21.0. The molecular formula is C24H48O3Si. The molecule has 0 bridgehead atoms. The van der Waals surface area contributed by atoms with Gasteiger partial charge in [-0.3, -0.25) is 0 Å². The van der Waals surface area contributed by atoms with Gasteiger partial charge in [-0.15, -0.1) is 0 Å². The summed E-state index contributed by atoms with van der Waals surface area (Å²) in [4.78, 5) is 0. The fourth-order valence-corrected chi connectivity index (χ4v) is 7.24. The molecule has 2 saturated carbocycles. The number of aliphatic hydroxyl groups is 2. The van der Waals surface area contributed by atoms with Crippen molar-refractivity contribution in [2.75, 3.05) is 6.61 Å². The summed E-state index contributed by atoms with van der Waals surface area (Å²) in [6.45, 7) is 18.3. The fourth-order valence-electron chi connectivity index (χ4n) is 5.85. The van der Waals surface area contributed by atoms with Crippen LogP contribution in [0.2, 0.25) is 18.1 Å². The Balaban J connectivity index is 2.09. The molecule has 0 amide bonds. The van der Waals surface area contributed by atoms with E-state index in [9.17, 15) is 10.2 Å². The monoisotopic (exact) mass is 412 g/mol. The number of hydrogen-bond donors (Lipinski definition) is 2. The van der Waals surface area contributed by atoms with E-state index >= 15 is 0 Å². The Morgan fingerprint density at radius 1 is 1.11 bits per heavy atom. The molecule has 4 heteroatoms. The van der Waals surface area contributed by atoms with Crippen LogP contribution in [0.4, 0.5) is 0 Å². The second-order valence-corrected chi connectivity index (χ2v) is 17.0. The van der Waals surface area contributed by atoms with Crippen molar-refractivity contribution < 1.29 is 14.6 Å². The SMILES string of the molecule is CC(C)(O)CCC[C@@H](CO)[C@H]1CC[C@H]2[C@@H](O[Si](C)(C)C(C)(C)C)CCC[C@]12C. The van der Waals surface area contributed by atoms with Gasteiger partial charge in [-0.05, 0) is 93.7 Å². The smallest absolute Gasteiger partial charge is 0.192 e. The predicted molar refractivity (Wildman–Crippen MR) is 121 cm³/mol. The van der Waals surface area contributed by atoms with E-state index in [2.05, 4.69) is 40.8 Å². The van der Waals surface area contributed by atoms with Gasteiger partial charge in [0.2, 0.25) is 0 Å². The van der Waals surface area contributed by atoms with Crippen LogP contribution in [0.15, 0.2) is 0 Å². The summed E-state index contributed by atoms with van der Waals surface area (Å²) < 4.78 is 6.95. The first kappa shape index (κ1) is 24.4. The fraction of sp³-hybridized carbons (Fsp3) is 1.00. The first-order chi connectivity index (χ1) is 12.7. The van der Waals surface area contributed by atoms with E-state index in [1.165, 1.54) is 32.1 Å². The van der Waals surface area contributed by atoms with Crippen molar-refractivity contribution in [3.63, 3.8) is 0 Å². The minimum atomic E-state index is -1.76. The molecule has 0 spiro atoms. The molecule has 2 rings (SSSR count). The Morgan fingerprint density at radius 3 is 2.29 bits per heavy atom. The second-order valence-electron chi connectivity index (χ2n) is 12.3. The maximum atomic E-state index is 10.2. The van der Waals surface area contributed by atoms with Gasteiger partial charge in [0, 0.05) is 12.7 Å². The highest BCUT2D eigenvalue weighted by molar-refractivity contribution is 6.74. The standard InChI is InChI=1S/C24H48O3Si/c1-22(2,3)28(7,8)27-21-12-10-16-24(6)19(13-14-20(21)24)18(17-25)11-9-15-23(4,5)26/h18-21,25-26H,9-17H2,1-8H3/t18-,19+,20-,21-,24+/m0/s1. The predicted octanol–water partition coefficient (Wildman–Crippen LogP) is 6.14. The molecule has 2 aliphatic rings. The average molecular weight is 413 g/mol. The van der Waals surface area contributed by atoms with Crippen molar-refractivity contribution >= 4 is 8.32 Å². The molecule has 166 valence electrons. The van der Waals surface area contributed by atoms with Gasteiger partial charge < -0.3 is 14.6 Å². The van der Waals surface area contributed by atoms with Gasteiger partial charge >= 0.3 is 0 Å². The average Bonchev–Trinajstić information content (AvgIpc) is 2.87. The molecule has 0 aromatic carbocycles. The number of hydrogen-bond acceptors (Lipinski definition) is 3. The van der Waals surface area contributed by atoms with Crippen LogP contribution >= 0.6 is 0 Å². The van der Waals surface area contributed by atoms with Gasteiger partial charge in [-0.1, -0.05) is 40.5 Å². The van der Waals surface area contributed by atoms with E-state index < -0.39 is 13.9 Å². The summed E-state index contributed by atoms with van der Waals surface area (Å²) in [5.74, 6) is 1.60. The highest BCUT2D eigenvalue weighted by Gasteiger charge is 2.54. The van der Waals surface area contributed by atoms with Crippen LogP contribution in [0.5, 0.6) is 0 Å². The molecule has 2 fully saturated rings. The van der Waals surface area contributed by atoms with Crippen LogP contribution in [-0.2, 0) is 4.43 Å². The molecule has 2 aliphatic carbocycles. The van der Waals surface area contributed by atoms with Crippen molar-refractivity contribution in [2.24, 2.45) is 23.2 Å². The Morgan fingerprint density at radius 2 is 1.75 bits per heavy atom. The summed E-state index contributed by atoms with van der Waals surface area (Å²) in [6, 6.07) is 0. The van der Waals surface area contributed by atoms with Gasteiger partial charge in [0.25, 0.3) is 0 Å². The number of rotatable bonds is 8. The summed E-state index contributed by atoms with van der Waals surface area (Å²) in [7, 11) is -1.76. The Kier molecular flexibility index (Phi) is 7.56. The highest BCUT2D eigenvalue weighted by Crippen LogP contribution is 2.59. The van der Waals surface area contributed by atoms with Gasteiger partial charge in [0.15, 0.2) is 8.32 Å². The highest BCUT2D eigenvalue weighted by atomic mass is 28.4. The molecule has 0 aliphatic heterocycles. The lowest BCUT2D eigenvalue weighted by Crippen LogP contribution is -2.50. The largest absolute Gasteiger partial charge is 0.414 e. The van der Waals surface area contributed by atoms with Crippen molar-refractivity contribution in [3.05, 3.63) is 0 Å². The molecule has 0 heterocycles. The van der Waals surface area contributed by atoms with Crippen LogP contribution in [0, 0.1) is 23.2 Å². The van der Waals surface area contributed by atoms with E-state index in [1.54, 1.807) is 0 Å². The van der Waals surface area contributed by atoms with Gasteiger partial charge in [-0.25, -0.2) is 0 Å². The summed E-state index contributed by atoms with van der Waals surface area (Å²) >= 11 is 0. The molecule has 3 nitrogen and oxygen atoms in total. The van der Waals surface area contributed by atoms with Crippen LogP contribution in [0.25, 0.3) is 0 Å². The lowest BCUT2D eigenvalue weighted by atomic mass is 9.61. The molecule has 28 heavy (non-hydrogen) atoms. The number of fused-ring (bicyclic) bond motifs is 1. The van der Waals surface area contributed by atoms with Crippen molar-refractivity contribution in [3.8, 4) is 0 Å². The minimum Gasteiger partial charge on any atom is -0.414 e. The van der Waals surface area contributed by atoms with Crippen molar-refractivity contribution in [2.45, 2.75) is 123 Å². The van der Waals surface area contributed by atoms with Crippen LogP contribution < -0.4 is 0 Å². The molecule has 0 radical (unpaired) electrons. The molecule has 5 atom stereocenters. The third-order valence-electron chi connectivity index (χ3n) is 8.55. The lowest BCUT2D eigenvalue weighted by molar-refractivity contribution is -0.0309. The van der Waals surface area contributed by atoms with Crippen molar-refractivity contribution in [1.29, 1.82) is 0 Å². The minimum absolute atomic E-state index is 0.254. The van der Waals surface area contributed by atoms with E-state index in [1.807, 2.05) is 13.8 Å². The van der Waals surface area contributed by atoms with Crippen LogP contribution in [0.1, 0.15) is 92.9 Å². The Labute approximate surface area is 175 Å². The van der Waals surface area contributed by atoms with Gasteiger partial charge in [-0.2, -0.15) is 0 Å². The van der Waals surface area contributed by atoms with E-state index in [0.29, 0.717) is 29.3 Å². The number of aliphatic hydroxyl groups excluding tert-OH is 1. The molecule has 0 aromatic rings. The Bertz CT molecular complexity index is 505. The normalized spacial score (nSPS) is 33.0. The molecule has 0 unspecified atom stereocenters.